The molecule has 7 nitrogen and oxygen atoms in total. The van der Waals surface area contributed by atoms with E-state index >= 15 is 0 Å². The highest BCUT2D eigenvalue weighted by Gasteiger charge is 2.20. The van der Waals surface area contributed by atoms with Crippen molar-refractivity contribution in [3.05, 3.63) is 21.6 Å². The number of primary amides is 1. The zero-order valence-corrected chi connectivity index (χ0v) is 12.7. The fraction of sp³-hybridized carbons (Fsp3) is 0.643. The molecule has 7 heteroatoms. The van der Waals surface area contributed by atoms with Crippen molar-refractivity contribution >= 4 is 11.9 Å². The molecule has 1 amide bonds. The molecule has 0 radical (unpaired) electrons. The van der Waals surface area contributed by atoms with Crippen LogP contribution in [0, 0.1) is 6.92 Å². The van der Waals surface area contributed by atoms with E-state index in [9.17, 15) is 9.59 Å². The van der Waals surface area contributed by atoms with Crippen molar-refractivity contribution in [2.24, 2.45) is 5.73 Å². The first-order valence-corrected chi connectivity index (χ1v) is 7.36. The summed E-state index contributed by atoms with van der Waals surface area (Å²) in [5, 5.41) is 0. The van der Waals surface area contributed by atoms with E-state index in [2.05, 4.69) is 9.97 Å². The minimum atomic E-state index is -0.310. The third-order valence-corrected chi connectivity index (χ3v) is 3.76. The smallest absolute Gasteiger partial charge is 0.255 e. The maximum atomic E-state index is 12.1. The van der Waals surface area contributed by atoms with Crippen molar-refractivity contribution in [1.82, 2.24) is 14.9 Å². The number of nitrogens with zero attached hydrogens (tertiary/aromatic N) is 3. The Hall–Kier alpha value is -1.89. The maximum absolute atomic E-state index is 12.1. The Bertz CT molecular complexity index is 561. The number of aromatic amines is 1. The molecule has 0 aromatic carbocycles. The standard InChI is InChI=1S/C14H23N5O2/c1-3-4-11-10(2)16-14(17-13(11)21)19-7-5-18(6-8-19)9-12(15)20/h3-9H2,1-2H3,(H2,15,20)(H,16,17,21). The van der Waals surface area contributed by atoms with Gasteiger partial charge in [0.25, 0.3) is 5.56 Å². The third kappa shape index (κ3) is 3.81. The van der Waals surface area contributed by atoms with Crippen LogP contribution in [0.2, 0.25) is 0 Å². The van der Waals surface area contributed by atoms with Gasteiger partial charge >= 0.3 is 0 Å². The quantitative estimate of drug-likeness (QED) is 0.773. The Labute approximate surface area is 124 Å². The van der Waals surface area contributed by atoms with Crippen LogP contribution in [0.1, 0.15) is 24.6 Å². The van der Waals surface area contributed by atoms with E-state index in [1.54, 1.807) is 0 Å². The van der Waals surface area contributed by atoms with Crippen LogP contribution in [0.15, 0.2) is 4.79 Å². The molecule has 1 aromatic rings. The van der Waals surface area contributed by atoms with E-state index < -0.39 is 0 Å². The summed E-state index contributed by atoms with van der Waals surface area (Å²) in [5.74, 6) is 0.311. The minimum absolute atomic E-state index is 0.0427. The lowest BCUT2D eigenvalue weighted by Gasteiger charge is -2.34. The van der Waals surface area contributed by atoms with E-state index in [0.717, 1.165) is 50.3 Å². The maximum Gasteiger partial charge on any atom is 0.255 e. The number of rotatable bonds is 5. The molecule has 0 atom stereocenters. The average molecular weight is 293 g/mol. The second kappa shape index (κ2) is 6.71. The van der Waals surface area contributed by atoms with Crippen molar-refractivity contribution in [2.45, 2.75) is 26.7 Å². The normalized spacial score (nSPS) is 16.2. The number of carbonyl (C=O) groups excluding carboxylic acids is 1. The van der Waals surface area contributed by atoms with Gasteiger partial charge in [0.1, 0.15) is 0 Å². The second-order valence-electron chi connectivity index (χ2n) is 5.43. The largest absolute Gasteiger partial charge is 0.369 e. The van der Waals surface area contributed by atoms with Gasteiger partial charge in [-0.05, 0) is 13.3 Å². The molecule has 2 rings (SSSR count). The van der Waals surface area contributed by atoms with Gasteiger partial charge in [0.2, 0.25) is 11.9 Å². The van der Waals surface area contributed by atoms with Crippen molar-refractivity contribution < 1.29 is 4.79 Å². The lowest BCUT2D eigenvalue weighted by atomic mass is 10.1. The molecule has 21 heavy (non-hydrogen) atoms. The Kier molecular flexibility index (Phi) is 4.95. The molecule has 2 heterocycles. The predicted molar refractivity (Wildman–Crippen MR) is 81.4 cm³/mol. The number of hydrogen-bond donors (Lipinski definition) is 2. The summed E-state index contributed by atoms with van der Waals surface area (Å²) in [7, 11) is 0. The molecular weight excluding hydrogens is 270 g/mol. The molecule has 0 spiro atoms. The van der Waals surface area contributed by atoms with Gasteiger partial charge in [0.15, 0.2) is 0 Å². The van der Waals surface area contributed by atoms with Gasteiger partial charge in [-0.15, -0.1) is 0 Å². The number of hydrogen-bond acceptors (Lipinski definition) is 5. The summed E-state index contributed by atoms with van der Waals surface area (Å²) >= 11 is 0. The van der Waals surface area contributed by atoms with Crippen LogP contribution >= 0.6 is 0 Å². The first kappa shape index (κ1) is 15.5. The Morgan fingerprint density at radius 2 is 2.00 bits per heavy atom. The van der Waals surface area contributed by atoms with Crippen LogP contribution in [0.25, 0.3) is 0 Å². The molecule has 0 aliphatic carbocycles. The molecule has 1 fully saturated rings. The van der Waals surface area contributed by atoms with Gasteiger partial charge in [-0.2, -0.15) is 0 Å². The first-order valence-electron chi connectivity index (χ1n) is 7.36. The van der Waals surface area contributed by atoms with E-state index in [1.807, 2.05) is 23.6 Å². The molecule has 116 valence electrons. The average Bonchev–Trinajstić information content (AvgIpc) is 2.43. The number of amides is 1. The molecule has 0 saturated carbocycles. The lowest BCUT2D eigenvalue weighted by Crippen LogP contribution is -2.49. The summed E-state index contributed by atoms with van der Waals surface area (Å²) in [5.41, 5.74) is 6.73. The van der Waals surface area contributed by atoms with Crippen LogP contribution < -0.4 is 16.2 Å². The zero-order valence-electron chi connectivity index (χ0n) is 12.7. The van der Waals surface area contributed by atoms with Crippen LogP contribution in [-0.4, -0.2) is 53.5 Å². The Morgan fingerprint density at radius 1 is 1.33 bits per heavy atom. The predicted octanol–water partition coefficient (Wildman–Crippen LogP) is -0.362. The highest BCUT2D eigenvalue weighted by Crippen LogP contribution is 2.12. The van der Waals surface area contributed by atoms with Gasteiger partial charge in [0.05, 0.1) is 6.54 Å². The van der Waals surface area contributed by atoms with Crippen LogP contribution in [-0.2, 0) is 11.2 Å². The SMILES string of the molecule is CCCc1c(C)nc(N2CCN(CC(N)=O)CC2)[nH]c1=O. The number of aromatic nitrogens is 2. The summed E-state index contributed by atoms with van der Waals surface area (Å²) in [6.07, 6.45) is 1.68. The van der Waals surface area contributed by atoms with E-state index in [0.29, 0.717) is 5.95 Å². The molecule has 1 saturated heterocycles. The van der Waals surface area contributed by atoms with Crippen molar-refractivity contribution in [2.75, 3.05) is 37.6 Å². The number of H-pyrrole nitrogens is 1. The van der Waals surface area contributed by atoms with Gasteiger partial charge < -0.3 is 10.6 Å². The van der Waals surface area contributed by atoms with E-state index in [1.165, 1.54) is 0 Å². The van der Waals surface area contributed by atoms with Crippen LogP contribution in [0.3, 0.4) is 0 Å². The number of nitrogens with two attached hydrogens (primary N) is 1. The molecular formula is C14H23N5O2. The fourth-order valence-electron chi connectivity index (χ4n) is 2.63. The summed E-state index contributed by atoms with van der Waals surface area (Å²) in [4.78, 5) is 34.5. The third-order valence-electron chi connectivity index (χ3n) is 3.76. The van der Waals surface area contributed by atoms with Gasteiger partial charge in [-0.25, -0.2) is 4.98 Å². The number of aryl methyl sites for hydroxylation is 1. The molecule has 1 aromatic heterocycles. The van der Waals surface area contributed by atoms with E-state index in [4.69, 9.17) is 5.73 Å². The second-order valence-corrected chi connectivity index (χ2v) is 5.43. The van der Waals surface area contributed by atoms with Crippen molar-refractivity contribution in [3.8, 4) is 0 Å². The molecule has 1 aliphatic rings. The fourth-order valence-corrected chi connectivity index (χ4v) is 2.63. The monoisotopic (exact) mass is 293 g/mol. The van der Waals surface area contributed by atoms with Gasteiger partial charge in [0, 0.05) is 37.4 Å². The highest BCUT2D eigenvalue weighted by atomic mass is 16.1. The molecule has 1 aliphatic heterocycles. The Morgan fingerprint density at radius 3 is 2.52 bits per heavy atom. The zero-order chi connectivity index (χ0) is 15.4. The molecule has 0 unspecified atom stereocenters. The molecule has 3 N–H and O–H groups in total. The van der Waals surface area contributed by atoms with Crippen molar-refractivity contribution in [1.29, 1.82) is 0 Å². The summed E-state index contributed by atoms with van der Waals surface area (Å²) in [6.45, 7) is 7.14. The Balaban J connectivity index is 2.07. The number of piperazine rings is 1. The van der Waals surface area contributed by atoms with Crippen LogP contribution in [0.5, 0.6) is 0 Å². The van der Waals surface area contributed by atoms with Gasteiger partial charge in [-0.3, -0.25) is 19.5 Å². The van der Waals surface area contributed by atoms with Crippen LogP contribution in [0.4, 0.5) is 5.95 Å². The summed E-state index contributed by atoms with van der Waals surface area (Å²) in [6, 6.07) is 0. The summed E-state index contributed by atoms with van der Waals surface area (Å²) < 4.78 is 0. The minimum Gasteiger partial charge on any atom is -0.369 e. The number of carbonyl (C=O) groups is 1. The topological polar surface area (TPSA) is 95.3 Å². The highest BCUT2D eigenvalue weighted by molar-refractivity contribution is 5.75. The first-order chi connectivity index (χ1) is 10.0. The van der Waals surface area contributed by atoms with Gasteiger partial charge in [-0.1, -0.05) is 13.3 Å². The molecule has 0 bridgehead atoms. The lowest BCUT2D eigenvalue weighted by molar-refractivity contribution is -0.119. The van der Waals surface area contributed by atoms with Crippen molar-refractivity contribution in [3.63, 3.8) is 0 Å². The number of anilines is 1. The number of nitrogens with one attached hydrogen (secondary N) is 1. The van der Waals surface area contributed by atoms with E-state index in [-0.39, 0.29) is 18.0 Å².